The summed E-state index contributed by atoms with van der Waals surface area (Å²) >= 11 is 0. The van der Waals surface area contributed by atoms with Crippen LogP contribution in [0.2, 0.25) is 0 Å². The summed E-state index contributed by atoms with van der Waals surface area (Å²) in [6.07, 6.45) is 87.2. The van der Waals surface area contributed by atoms with Crippen molar-refractivity contribution < 1.29 is 28.6 Å². The number of allylic oxidation sites excluding steroid dienone is 8. The molecule has 0 aliphatic carbocycles. The van der Waals surface area contributed by atoms with Crippen molar-refractivity contribution in [2.45, 2.75) is 393 Å². The molecule has 0 radical (unpaired) electrons. The zero-order chi connectivity index (χ0) is 57.8. The summed E-state index contributed by atoms with van der Waals surface area (Å²) in [4.78, 5) is 38.4. The molecule has 0 saturated carbocycles. The fraction of sp³-hybridized carbons (Fsp3) is 0.851. The third-order valence-electron chi connectivity index (χ3n) is 16.1. The second-order valence-corrected chi connectivity index (χ2v) is 24.1. The van der Waals surface area contributed by atoms with Gasteiger partial charge in [0.1, 0.15) is 13.2 Å². The van der Waals surface area contributed by atoms with E-state index in [9.17, 15) is 14.4 Å². The van der Waals surface area contributed by atoms with Crippen LogP contribution in [0.25, 0.3) is 0 Å². The van der Waals surface area contributed by atoms with E-state index in [4.69, 9.17) is 14.2 Å². The molecule has 0 rings (SSSR count). The molecule has 0 aromatic rings. The largest absolute Gasteiger partial charge is 0.462 e. The standard InChI is InChI=1S/C74H136O6/c1-4-7-10-13-16-19-22-25-28-31-32-33-34-35-36-37-38-39-40-41-44-46-49-52-55-58-61-64-67-73(76)79-70-71(80-74(77)68-65-62-59-56-53-50-47-43-30-27-24-21-18-15-12-9-6-3)69-78-72(75)66-63-60-57-54-51-48-45-42-29-26-23-20-17-14-11-8-5-2/h9,12,18,21,26-27,29-30,71H,4-8,10-11,13-17,19-20,22-25,28,31-70H2,1-3H3/b12-9-,21-18-,29-26-,30-27-. The topological polar surface area (TPSA) is 78.9 Å². The van der Waals surface area contributed by atoms with Gasteiger partial charge in [0.05, 0.1) is 0 Å². The highest BCUT2D eigenvalue weighted by Crippen LogP contribution is 2.19. The van der Waals surface area contributed by atoms with E-state index >= 15 is 0 Å². The molecule has 0 bridgehead atoms. The van der Waals surface area contributed by atoms with Crippen LogP contribution in [0, 0.1) is 0 Å². The maximum atomic E-state index is 12.9. The summed E-state index contributed by atoms with van der Waals surface area (Å²) in [7, 11) is 0. The number of hydrogen-bond acceptors (Lipinski definition) is 6. The second-order valence-electron chi connectivity index (χ2n) is 24.1. The summed E-state index contributed by atoms with van der Waals surface area (Å²) in [6, 6.07) is 0. The van der Waals surface area contributed by atoms with E-state index in [1.807, 2.05) is 0 Å². The summed E-state index contributed by atoms with van der Waals surface area (Å²) in [6.45, 7) is 6.58. The molecule has 80 heavy (non-hydrogen) atoms. The molecule has 0 fully saturated rings. The van der Waals surface area contributed by atoms with Crippen LogP contribution in [0.1, 0.15) is 387 Å². The number of carbonyl (C=O) groups excluding carboxylic acids is 3. The van der Waals surface area contributed by atoms with Crippen LogP contribution in [-0.4, -0.2) is 37.2 Å². The van der Waals surface area contributed by atoms with Gasteiger partial charge in [0.15, 0.2) is 6.10 Å². The van der Waals surface area contributed by atoms with Gasteiger partial charge in [0, 0.05) is 19.3 Å². The Morgan fingerprint density at radius 3 is 0.775 bits per heavy atom. The van der Waals surface area contributed by atoms with Gasteiger partial charge in [-0.05, 0) is 77.0 Å². The molecule has 1 atom stereocenters. The second kappa shape index (κ2) is 68.9. The quantitative estimate of drug-likeness (QED) is 0.0261. The highest BCUT2D eigenvalue weighted by molar-refractivity contribution is 5.71. The lowest BCUT2D eigenvalue weighted by Crippen LogP contribution is -2.30. The number of carbonyl (C=O) groups is 3. The molecule has 6 heteroatoms. The van der Waals surface area contributed by atoms with E-state index in [2.05, 4.69) is 69.4 Å². The predicted octanol–water partition coefficient (Wildman–Crippen LogP) is 24.5. The predicted molar refractivity (Wildman–Crippen MR) is 349 cm³/mol. The first-order valence-electron chi connectivity index (χ1n) is 35.6. The van der Waals surface area contributed by atoms with Crippen LogP contribution in [0.3, 0.4) is 0 Å². The van der Waals surface area contributed by atoms with Crippen LogP contribution in [0.5, 0.6) is 0 Å². The first-order valence-corrected chi connectivity index (χ1v) is 35.6. The van der Waals surface area contributed by atoms with Crippen molar-refractivity contribution in [3.63, 3.8) is 0 Å². The zero-order valence-electron chi connectivity index (χ0n) is 53.9. The lowest BCUT2D eigenvalue weighted by molar-refractivity contribution is -0.167. The van der Waals surface area contributed by atoms with Gasteiger partial charge in [-0.1, -0.05) is 339 Å². The van der Waals surface area contributed by atoms with Crippen LogP contribution in [-0.2, 0) is 28.6 Å². The van der Waals surface area contributed by atoms with Crippen molar-refractivity contribution in [3.8, 4) is 0 Å². The number of esters is 3. The van der Waals surface area contributed by atoms with E-state index in [-0.39, 0.29) is 31.1 Å². The van der Waals surface area contributed by atoms with E-state index < -0.39 is 6.10 Å². The van der Waals surface area contributed by atoms with E-state index in [1.165, 1.54) is 263 Å². The van der Waals surface area contributed by atoms with Gasteiger partial charge in [-0.25, -0.2) is 0 Å². The Labute approximate surface area is 498 Å². The summed E-state index contributed by atoms with van der Waals surface area (Å²) in [5.74, 6) is -0.863. The summed E-state index contributed by atoms with van der Waals surface area (Å²) < 4.78 is 17.0. The third kappa shape index (κ3) is 66.2. The fourth-order valence-electron chi connectivity index (χ4n) is 10.8. The first-order chi connectivity index (χ1) is 39.5. The minimum Gasteiger partial charge on any atom is -0.462 e. The van der Waals surface area contributed by atoms with Crippen molar-refractivity contribution in [1.29, 1.82) is 0 Å². The maximum Gasteiger partial charge on any atom is 0.306 e. The van der Waals surface area contributed by atoms with Crippen molar-refractivity contribution in [2.75, 3.05) is 13.2 Å². The highest BCUT2D eigenvalue weighted by atomic mass is 16.6. The minimum atomic E-state index is -0.780. The Balaban J connectivity index is 4.23. The lowest BCUT2D eigenvalue weighted by Gasteiger charge is -2.18. The molecule has 6 nitrogen and oxygen atoms in total. The molecule has 0 aromatic carbocycles. The van der Waals surface area contributed by atoms with Gasteiger partial charge in [0.2, 0.25) is 0 Å². The Bertz CT molecular complexity index is 1380. The molecule has 0 heterocycles. The SMILES string of the molecule is CC/C=C\C/C=C\C/C=C\CCCCCCCCCC(=O)OC(COC(=O)CCCCCCCCC/C=C\CCCCCCCC)COC(=O)CCCCCCCCCCCCCCCCCCCCCCCCCCCCCC. The monoisotopic (exact) mass is 1120 g/mol. The molecule has 0 aliphatic heterocycles. The molecule has 0 aromatic heterocycles. The Hall–Kier alpha value is -2.63. The molecule has 0 N–H and O–H groups in total. The molecular formula is C74H136O6. The normalized spacial score (nSPS) is 12.3. The third-order valence-corrected chi connectivity index (χ3v) is 16.1. The summed E-state index contributed by atoms with van der Waals surface area (Å²) in [5.41, 5.74) is 0. The minimum absolute atomic E-state index is 0.0746. The van der Waals surface area contributed by atoms with E-state index in [1.54, 1.807) is 0 Å². The van der Waals surface area contributed by atoms with Crippen LogP contribution >= 0.6 is 0 Å². The summed E-state index contributed by atoms with van der Waals surface area (Å²) in [5, 5.41) is 0. The van der Waals surface area contributed by atoms with Crippen molar-refractivity contribution >= 4 is 17.9 Å². The van der Waals surface area contributed by atoms with Gasteiger partial charge in [0.25, 0.3) is 0 Å². The molecule has 0 saturated heterocycles. The van der Waals surface area contributed by atoms with Crippen LogP contribution in [0.4, 0.5) is 0 Å². The van der Waals surface area contributed by atoms with E-state index in [0.29, 0.717) is 19.3 Å². The zero-order valence-corrected chi connectivity index (χ0v) is 53.9. The van der Waals surface area contributed by atoms with Gasteiger partial charge in [-0.3, -0.25) is 14.4 Å². The van der Waals surface area contributed by atoms with E-state index in [0.717, 1.165) is 83.5 Å². The highest BCUT2D eigenvalue weighted by Gasteiger charge is 2.19. The number of unbranched alkanes of at least 4 members (excludes halogenated alkanes) is 47. The van der Waals surface area contributed by atoms with Gasteiger partial charge in [-0.15, -0.1) is 0 Å². The first kappa shape index (κ1) is 77.4. The molecule has 468 valence electrons. The number of ether oxygens (including phenoxy) is 3. The Morgan fingerprint density at radius 2 is 0.487 bits per heavy atom. The lowest BCUT2D eigenvalue weighted by atomic mass is 10.0. The molecular weight excluding hydrogens is 985 g/mol. The van der Waals surface area contributed by atoms with Gasteiger partial charge >= 0.3 is 17.9 Å². The molecule has 0 amide bonds. The van der Waals surface area contributed by atoms with Gasteiger partial charge in [-0.2, -0.15) is 0 Å². The smallest absolute Gasteiger partial charge is 0.306 e. The van der Waals surface area contributed by atoms with Crippen LogP contribution in [0.15, 0.2) is 48.6 Å². The van der Waals surface area contributed by atoms with Crippen molar-refractivity contribution in [3.05, 3.63) is 48.6 Å². The van der Waals surface area contributed by atoms with Crippen molar-refractivity contribution in [2.24, 2.45) is 0 Å². The Morgan fingerprint density at radius 1 is 0.263 bits per heavy atom. The van der Waals surface area contributed by atoms with Gasteiger partial charge < -0.3 is 14.2 Å². The number of hydrogen-bond donors (Lipinski definition) is 0. The maximum absolute atomic E-state index is 12.9. The molecule has 1 unspecified atom stereocenters. The fourth-order valence-corrected chi connectivity index (χ4v) is 10.8. The average Bonchev–Trinajstić information content (AvgIpc) is 3.46. The Kier molecular flexibility index (Phi) is 66.6. The molecule has 0 aliphatic rings. The van der Waals surface area contributed by atoms with Crippen LogP contribution < -0.4 is 0 Å². The number of rotatable bonds is 66. The average molecular weight is 1120 g/mol. The van der Waals surface area contributed by atoms with Crippen molar-refractivity contribution in [1.82, 2.24) is 0 Å². The molecule has 0 spiro atoms.